The maximum Gasteiger partial charge on any atom is 0.309 e. The van der Waals surface area contributed by atoms with Crippen molar-refractivity contribution in [1.29, 1.82) is 0 Å². The number of carboxylic acids is 1. The first-order chi connectivity index (χ1) is 7.99. The van der Waals surface area contributed by atoms with Crippen molar-refractivity contribution in [3.63, 3.8) is 0 Å². The molecule has 0 amide bonds. The van der Waals surface area contributed by atoms with Gasteiger partial charge in [-0.3, -0.25) is 9.78 Å². The number of aromatic nitrogens is 1. The minimum absolute atomic E-state index is 0.160. The van der Waals surface area contributed by atoms with Crippen LogP contribution in [0.4, 0.5) is 0 Å². The third kappa shape index (κ3) is 2.46. The topological polar surface area (TPSA) is 50.2 Å². The van der Waals surface area contributed by atoms with Gasteiger partial charge in [0.15, 0.2) is 0 Å². The second-order valence-electron chi connectivity index (χ2n) is 3.42. The molecule has 3 nitrogen and oxygen atoms in total. The van der Waals surface area contributed by atoms with E-state index >= 15 is 0 Å². The Morgan fingerprint density at radius 3 is 2.59 bits per heavy atom. The molecule has 0 bridgehead atoms. The number of rotatable bonds is 2. The van der Waals surface area contributed by atoms with Gasteiger partial charge in [-0.2, -0.15) is 0 Å². The fourth-order valence-corrected chi connectivity index (χ4v) is 2.21. The molecule has 0 unspecified atom stereocenters. The minimum Gasteiger partial charge on any atom is -0.481 e. The lowest BCUT2D eigenvalue weighted by molar-refractivity contribution is -0.136. The third-order valence-corrected chi connectivity index (χ3v) is 3.30. The maximum atomic E-state index is 10.6. The van der Waals surface area contributed by atoms with Gasteiger partial charge >= 0.3 is 5.97 Å². The fourth-order valence-electron chi connectivity index (χ4n) is 1.48. The van der Waals surface area contributed by atoms with Crippen molar-refractivity contribution < 1.29 is 9.90 Å². The zero-order valence-corrected chi connectivity index (χ0v) is 10.6. The average Bonchev–Trinajstić information content (AvgIpc) is 2.25. The van der Waals surface area contributed by atoms with E-state index in [1.54, 1.807) is 12.1 Å². The van der Waals surface area contributed by atoms with Crippen LogP contribution in [0.2, 0.25) is 15.1 Å². The van der Waals surface area contributed by atoms with Crippen molar-refractivity contribution in [3.8, 4) is 0 Å². The molecule has 0 aliphatic heterocycles. The van der Waals surface area contributed by atoms with Crippen molar-refractivity contribution >= 4 is 51.7 Å². The molecule has 2 aromatic rings. The summed E-state index contributed by atoms with van der Waals surface area (Å²) in [6.07, 6.45) is -0.160. The first-order valence-corrected chi connectivity index (χ1v) is 5.77. The molecule has 0 saturated carbocycles. The Morgan fingerprint density at radius 2 is 1.94 bits per heavy atom. The van der Waals surface area contributed by atoms with E-state index in [9.17, 15) is 4.79 Å². The summed E-state index contributed by atoms with van der Waals surface area (Å²) >= 11 is 17.9. The van der Waals surface area contributed by atoms with Crippen LogP contribution in [0.25, 0.3) is 10.9 Å². The predicted octanol–water partition coefficient (Wildman–Crippen LogP) is 3.82. The first kappa shape index (κ1) is 12.4. The lowest BCUT2D eigenvalue weighted by atomic mass is 10.2. The van der Waals surface area contributed by atoms with Crippen LogP contribution in [-0.4, -0.2) is 16.1 Å². The zero-order valence-electron chi connectivity index (χ0n) is 8.38. The van der Waals surface area contributed by atoms with Gasteiger partial charge in [-0.05, 0) is 18.2 Å². The Bertz CT molecular complexity index is 613. The minimum atomic E-state index is -0.951. The molecule has 0 saturated heterocycles. The second-order valence-corrected chi connectivity index (χ2v) is 4.62. The molecule has 2 rings (SSSR count). The largest absolute Gasteiger partial charge is 0.481 e. The maximum absolute atomic E-state index is 10.6. The lowest BCUT2D eigenvalue weighted by Gasteiger charge is -2.06. The molecule has 0 radical (unpaired) electrons. The molecular weight excluding hydrogens is 284 g/mol. The van der Waals surface area contributed by atoms with E-state index in [4.69, 9.17) is 39.9 Å². The van der Waals surface area contributed by atoms with E-state index < -0.39 is 5.97 Å². The standard InChI is InChI=1S/C11H6Cl3NO2/c12-7-4-8(13)11-6(10(7)14)2-1-5(15-11)3-9(16)17/h1-2,4H,3H2,(H,16,17). The Labute approximate surface area is 112 Å². The Balaban J connectivity index is 2.66. The second kappa shape index (κ2) is 4.69. The third-order valence-electron chi connectivity index (χ3n) is 2.21. The number of pyridine rings is 1. The van der Waals surface area contributed by atoms with Gasteiger partial charge in [0.05, 0.1) is 32.7 Å². The van der Waals surface area contributed by atoms with Crippen molar-refractivity contribution in [2.45, 2.75) is 6.42 Å². The van der Waals surface area contributed by atoms with Crippen LogP contribution >= 0.6 is 34.8 Å². The van der Waals surface area contributed by atoms with Gasteiger partial charge in [-0.15, -0.1) is 0 Å². The molecule has 1 N–H and O–H groups in total. The summed E-state index contributed by atoms with van der Waals surface area (Å²) < 4.78 is 0. The molecule has 0 spiro atoms. The molecule has 1 aromatic heterocycles. The molecule has 88 valence electrons. The summed E-state index contributed by atoms with van der Waals surface area (Å²) in [6, 6.07) is 4.75. The van der Waals surface area contributed by atoms with E-state index in [0.29, 0.717) is 31.7 Å². The summed E-state index contributed by atoms with van der Waals surface area (Å²) in [5, 5.41) is 10.4. The highest BCUT2D eigenvalue weighted by molar-refractivity contribution is 6.47. The van der Waals surface area contributed by atoms with Crippen LogP contribution in [0, 0.1) is 0 Å². The van der Waals surface area contributed by atoms with Gasteiger partial charge in [-0.25, -0.2) is 0 Å². The number of aliphatic carboxylic acids is 1. The molecule has 0 aliphatic carbocycles. The average molecular weight is 291 g/mol. The Morgan fingerprint density at radius 1 is 1.24 bits per heavy atom. The quantitative estimate of drug-likeness (QED) is 0.855. The van der Waals surface area contributed by atoms with E-state index in [1.807, 2.05) is 0 Å². The summed E-state index contributed by atoms with van der Waals surface area (Å²) in [5.41, 5.74) is 0.880. The van der Waals surface area contributed by atoms with E-state index in [2.05, 4.69) is 4.98 Å². The van der Waals surface area contributed by atoms with Crippen molar-refractivity contribution in [2.24, 2.45) is 0 Å². The fraction of sp³-hybridized carbons (Fsp3) is 0.0909. The van der Waals surface area contributed by atoms with Crippen LogP contribution in [-0.2, 0) is 11.2 Å². The van der Waals surface area contributed by atoms with Crippen LogP contribution in [0.3, 0.4) is 0 Å². The van der Waals surface area contributed by atoms with Gasteiger partial charge in [-0.1, -0.05) is 34.8 Å². The van der Waals surface area contributed by atoms with Gasteiger partial charge < -0.3 is 5.11 Å². The smallest absolute Gasteiger partial charge is 0.309 e. The van der Waals surface area contributed by atoms with Crippen LogP contribution in [0.5, 0.6) is 0 Å². The summed E-state index contributed by atoms with van der Waals surface area (Å²) in [7, 11) is 0. The number of benzene rings is 1. The summed E-state index contributed by atoms with van der Waals surface area (Å²) in [5.74, 6) is -0.951. The number of carbonyl (C=O) groups is 1. The Kier molecular flexibility index (Phi) is 3.43. The van der Waals surface area contributed by atoms with Crippen LogP contribution in [0.15, 0.2) is 18.2 Å². The molecule has 0 aliphatic rings. The van der Waals surface area contributed by atoms with Gasteiger partial charge in [0, 0.05) is 5.39 Å². The molecule has 6 heteroatoms. The molecule has 0 fully saturated rings. The van der Waals surface area contributed by atoms with E-state index in [-0.39, 0.29) is 6.42 Å². The highest BCUT2D eigenvalue weighted by atomic mass is 35.5. The molecule has 1 aromatic carbocycles. The van der Waals surface area contributed by atoms with Gasteiger partial charge in [0.25, 0.3) is 0 Å². The number of hydrogen-bond acceptors (Lipinski definition) is 2. The van der Waals surface area contributed by atoms with Crippen molar-refractivity contribution in [2.75, 3.05) is 0 Å². The SMILES string of the molecule is O=C(O)Cc1ccc2c(Cl)c(Cl)cc(Cl)c2n1. The van der Waals surface area contributed by atoms with Crippen molar-refractivity contribution in [1.82, 2.24) is 4.98 Å². The Hall–Kier alpha value is -1.03. The predicted molar refractivity (Wildman–Crippen MR) is 68.1 cm³/mol. The number of nitrogens with zero attached hydrogens (tertiary/aromatic N) is 1. The molecule has 17 heavy (non-hydrogen) atoms. The summed E-state index contributed by atoms with van der Waals surface area (Å²) in [4.78, 5) is 14.8. The van der Waals surface area contributed by atoms with Gasteiger partial charge in [0.2, 0.25) is 0 Å². The first-order valence-electron chi connectivity index (χ1n) is 4.64. The molecular formula is C11H6Cl3NO2. The monoisotopic (exact) mass is 289 g/mol. The van der Waals surface area contributed by atoms with Gasteiger partial charge in [0.1, 0.15) is 0 Å². The highest BCUT2D eigenvalue weighted by Crippen LogP contribution is 2.34. The van der Waals surface area contributed by atoms with E-state index in [0.717, 1.165) is 0 Å². The molecule has 1 heterocycles. The summed E-state index contributed by atoms with van der Waals surface area (Å²) in [6.45, 7) is 0. The van der Waals surface area contributed by atoms with Crippen LogP contribution in [0.1, 0.15) is 5.69 Å². The van der Waals surface area contributed by atoms with Crippen molar-refractivity contribution in [3.05, 3.63) is 39.0 Å². The zero-order chi connectivity index (χ0) is 12.6. The van der Waals surface area contributed by atoms with Crippen LogP contribution < -0.4 is 0 Å². The number of fused-ring (bicyclic) bond motifs is 1. The lowest BCUT2D eigenvalue weighted by Crippen LogP contribution is -2.02. The molecule has 0 atom stereocenters. The number of halogens is 3. The normalized spacial score (nSPS) is 10.8. The number of carboxylic acid groups (broad SMARTS) is 1. The van der Waals surface area contributed by atoms with E-state index in [1.165, 1.54) is 6.07 Å². The number of hydrogen-bond donors (Lipinski definition) is 1. The highest BCUT2D eigenvalue weighted by Gasteiger charge is 2.11.